The number of nitrogens with one attached hydrogen (secondary N) is 1. The van der Waals surface area contributed by atoms with Gasteiger partial charge in [0, 0.05) is 29.6 Å². The van der Waals surface area contributed by atoms with Gasteiger partial charge in [-0.3, -0.25) is 9.59 Å². The first-order valence-electron chi connectivity index (χ1n) is 11.7. The van der Waals surface area contributed by atoms with Gasteiger partial charge in [0.25, 0.3) is 0 Å². The summed E-state index contributed by atoms with van der Waals surface area (Å²) in [5, 5.41) is 7.80. The molecule has 1 aliphatic heterocycles. The van der Waals surface area contributed by atoms with Crippen molar-refractivity contribution in [3.8, 4) is 11.3 Å². The summed E-state index contributed by atoms with van der Waals surface area (Å²) in [5.41, 5.74) is 5.13. The van der Waals surface area contributed by atoms with E-state index in [4.69, 9.17) is 0 Å². The number of anilines is 2. The predicted octanol–water partition coefficient (Wildman–Crippen LogP) is 6.08. The Morgan fingerprint density at radius 3 is 2.50 bits per heavy atom. The monoisotopic (exact) mass is 469 g/mol. The lowest BCUT2D eigenvalue weighted by Crippen LogP contribution is -2.29. The van der Waals surface area contributed by atoms with Crippen LogP contribution in [-0.4, -0.2) is 23.3 Å². The molecule has 1 fully saturated rings. The molecule has 1 N–H and O–H groups in total. The van der Waals surface area contributed by atoms with Crippen LogP contribution in [0.5, 0.6) is 0 Å². The maximum Gasteiger partial charge on any atom is 0.231 e. The van der Waals surface area contributed by atoms with Gasteiger partial charge in [0.05, 0.1) is 11.6 Å². The first-order valence-corrected chi connectivity index (χ1v) is 12.6. The number of carbonyl (C=O) groups is 2. The van der Waals surface area contributed by atoms with Crippen molar-refractivity contribution >= 4 is 44.7 Å². The van der Waals surface area contributed by atoms with E-state index in [0.29, 0.717) is 11.7 Å². The van der Waals surface area contributed by atoms with Crippen LogP contribution in [0.4, 0.5) is 10.8 Å². The Morgan fingerprint density at radius 1 is 1.03 bits per heavy atom. The summed E-state index contributed by atoms with van der Waals surface area (Å²) in [4.78, 5) is 32.4. The van der Waals surface area contributed by atoms with E-state index in [0.717, 1.165) is 46.3 Å². The SMILES string of the molecule is CCc1cccc(CC)c1N1CC(C(=O)Nc2nc(-c3ccc4ccccc4c3)cs2)CC1=O. The van der Waals surface area contributed by atoms with Crippen molar-refractivity contribution in [3.05, 3.63) is 77.2 Å². The average Bonchev–Trinajstić information content (AvgIpc) is 3.49. The van der Waals surface area contributed by atoms with Gasteiger partial charge in [-0.2, -0.15) is 0 Å². The lowest BCUT2D eigenvalue weighted by molar-refractivity contribution is -0.122. The highest BCUT2D eigenvalue weighted by Gasteiger charge is 2.36. The number of hydrogen-bond acceptors (Lipinski definition) is 4. The predicted molar refractivity (Wildman–Crippen MR) is 139 cm³/mol. The number of hydrogen-bond donors (Lipinski definition) is 1. The van der Waals surface area contributed by atoms with E-state index in [9.17, 15) is 9.59 Å². The second-order valence-corrected chi connectivity index (χ2v) is 9.48. The van der Waals surface area contributed by atoms with Crippen LogP contribution in [0.15, 0.2) is 66.0 Å². The van der Waals surface area contributed by atoms with E-state index in [1.165, 1.54) is 16.7 Å². The van der Waals surface area contributed by atoms with Gasteiger partial charge < -0.3 is 10.2 Å². The van der Waals surface area contributed by atoms with Crippen molar-refractivity contribution in [2.24, 2.45) is 5.92 Å². The molecule has 2 heterocycles. The van der Waals surface area contributed by atoms with Crippen LogP contribution in [0.25, 0.3) is 22.0 Å². The number of carbonyl (C=O) groups excluding carboxylic acids is 2. The highest BCUT2D eigenvalue weighted by Crippen LogP contribution is 2.33. The van der Waals surface area contributed by atoms with Crippen molar-refractivity contribution in [1.29, 1.82) is 0 Å². The second kappa shape index (κ2) is 9.39. The first kappa shape index (κ1) is 22.3. The van der Waals surface area contributed by atoms with Gasteiger partial charge >= 0.3 is 0 Å². The summed E-state index contributed by atoms with van der Waals surface area (Å²) in [6, 6.07) is 20.6. The number of rotatable bonds is 6. The zero-order valence-electron chi connectivity index (χ0n) is 19.4. The summed E-state index contributed by atoms with van der Waals surface area (Å²) < 4.78 is 0. The van der Waals surface area contributed by atoms with Crippen molar-refractivity contribution in [2.75, 3.05) is 16.8 Å². The molecular formula is C28H27N3O2S. The van der Waals surface area contributed by atoms with Gasteiger partial charge in [0.15, 0.2) is 5.13 Å². The molecule has 1 saturated heterocycles. The smallest absolute Gasteiger partial charge is 0.231 e. The fourth-order valence-electron chi connectivity index (χ4n) is 4.68. The van der Waals surface area contributed by atoms with Gasteiger partial charge in [0.1, 0.15) is 0 Å². The van der Waals surface area contributed by atoms with Crippen LogP contribution in [0.3, 0.4) is 0 Å². The number of benzene rings is 3. The number of aromatic nitrogens is 1. The molecule has 6 heteroatoms. The summed E-state index contributed by atoms with van der Waals surface area (Å²) in [5.74, 6) is -0.538. The van der Waals surface area contributed by atoms with Crippen molar-refractivity contribution in [1.82, 2.24) is 4.98 Å². The average molecular weight is 470 g/mol. The lowest BCUT2D eigenvalue weighted by atomic mass is 10.0. The Bertz CT molecular complexity index is 1350. The van der Waals surface area contributed by atoms with Gasteiger partial charge in [-0.1, -0.05) is 68.4 Å². The standard InChI is InChI=1S/C28H27N3O2S/c1-3-18-10-7-11-19(4-2)26(18)31-16-23(15-25(31)32)27(33)30-28-29-24(17-34-28)22-13-12-20-8-5-6-9-21(20)14-22/h5-14,17,23H,3-4,15-16H2,1-2H3,(H,29,30,33). The zero-order valence-corrected chi connectivity index (χ0v) is 20.2. The Balaban J connectivity index is 1.31. The van der Waals surface area contributed by atoms with Crippen LogP contribution < -0.4 is 10.2 Å². The lowest BCUT2D eigenvalue weighted by Gasteiger charge is -2.23. The largest absolute Gasteiger partial charge is 0.311 e. The van der Waals surface area contributed by atoms with Crippen molar-refractivity contribution in [2.45, 2.75) is 33.1 Å². The Kier molecular flexibility index (Phi) is 6.16. The number of aryl methyl sites for hydroxylation is 2. The Morgan fingerprint density at radius 2 is 1.76 bits per heavy atom. The van der Waals surface area contributed by atoms with E-state index >= 15 is 0 Å². The maximum atomic E-state index is 13.0. The minimum atomic E-state index is -0.393. The van der Waals surface area contributed by atoms with E-state index in [1.54, 1.807) is 0 Å². The molecule has 172 valence electrons. The van der Waals surface area contributed by atoms with E-state index in [2.05, 4.69) is 60.5 Å². The van der Waals surface area contributed by atoms with E-state index in [-0.39, 0.29) is 18.2 Å². The highest BCUT2D eigenvalue weighted by atomic mass is 32.1. The zero-order chi connectivity index (χ0) is 23.7. The van der Waals surface area contributed by atoms with Crippen molar-refractivity contribution < 1.29 is 9.59 Å². The highest BCUT2D eigenvalue weighted by molar-refractivity contribution is 7.14. The van der Waals surface area contributed by atoms with Gasteiger partial charge in [-0.15, -0.1) is 11.3 Å². The molecule has 5 rings (SSSR count). The second-order valence-electron chi connectivity index (χ2n) is 8.63. The molecule has 0 radical (unpaired) electrons. The van der Waals surface area contributed by atoms with Gasteiger partial charge in [-0.25, -0.2) is 4.98 Å². The number of amides is 2. The third-order valence-electron chi connectivity index (χ3n) is 6.51. The van der Waals surface area contributed by atoms with Crippen LogP contribution >= 0.6 is 11.3 Å². The Hall–Kier alpha value is -3.51. The summed E-state index contributed by atoms with van der Waals surface area (Å²) >= 11 is 1.41. The number of nitrogens with zero attached hydrogens (tertiary/aromatic N) is 2. The molecule has 1 aliphatic rings. The maximum absolute atomic E-state index is 13.0. The molecule has 1 atom stereocenters. The molecule has 0 aliphatic carbocycles. The van der Waals surface area contributed by atoms with Crippen LogP contribution in [0.2, 0.25) is 0 Å². The topological polar surface area (TPSA) is 62.3 Å². The van der Waals surface area contributed by atoms with Crippen LogP contribution in [0, 0.1) is 5.92 Å². The number of thiazole rings is 1. The molecule has 0 spiro atoms. The van der Waals surface area contributed by atoms with E-state index < -0.39 is 5.92 Å². The third kappa shape index (κ3) is 4.21. The fourth-order valence-corrected chi connectivity index (χ4v) is 5.40. The molecule has 4 aromatic rings. The summed E-state index contributed by atoms with van der Waals surface area (Å²) in [6.07, 6.45) is 1.91. The van der Waals surface area contributed by atoms with Crippen LogP contribution in [-0.2, 0) is 22.4 Å². The third-order valence-corrected chi connectivity index (χ3v) is 7.27. The van der Waals surface area contributed by atoms with Gasteiger partial charge in [-0.05, 0) is 40.8 Å². The van der Waals surface area contributed by atoms with Crippen LogP contribution in [0.1, 0.15) is 31.4 Å². The minimum Gasteiger partial charge on any atom is -0.311 e. The fraction of sp³-hybridized carbons (Fsp3) is 0.250. The quantitative estimate of drug-likeness (QED) is 0.372. The number of fused-ring (bicyclic) bond motifs is 1. The summed E-state index contributed by atoms with van der Waals surface area (Å²) in [6.45, 7) is 4.59. The van der Waals surface area contributed by atoms with Crippen molar-refractivity contribution in [3.63, 3.8) is 0 Å². The molecule has 2 amide bonds. The minimum absolute atomic E-state index is 0.00624. The molecule has 34 heavy (non-hydrogen) atoms. The molecule has 1 aromatic heterocycles. The number of para-hydroxylation sites is 1. The normalized spacial score (nSPS) is 15.8. The Labute approximate surface area is 203 Å². The summed E-state index contributed by atoms with van der Waals surface area (Å²) in [7, 11) is 0. The molecular weight excluding hydrogens is 442 g/mol. The molecule has 5 nitrogen and oxygen atoms in total. The van der Waals surface area contributed by atoms with E-state index in [1.807, 2.05) is 34.5 Å². The molecule has 3 aromatic carbocycles. The molecule has 1 unspecified atom stereocenters. The first-order chi connectivity index (χ1) is 16.6. The van der Waals surface area contributed by atoms with Gasteiger partial charge in [0.2, 0.25) is 11.8 Å². The molecule has 0 bridgehead atoms. The molecule has 0 saturated carbocycles.